The summed E-state index contributed by atoms with van der Waals surface area (Å²) >= 11 is 0. The van der Waals surface area contributed by atoms with Gasteiger partial charge >= 0.3 is 0 Å². The first-order valence-electron chi connectivity index (χ1n) is 10.0. The SMILES string of the molecule is COCCOCCOCC(=O)NC(O)c1cccc(OCC2CCCCC2)c1. The van der Waals surface area contributed by atoms with Gasteiger partial charge in [-0.1, -0.05) is 31.4 Å². The van der Waals surface area contributed by atoms with Crippen molar-refractivity contribution in [3.63, 3.8) is 0 Å². The van der Waals surface area contributed by atoms with E-state index in [1.807, 2.05) is 12.1 Å². The lowest BCUT2D eigenvalue weighted by Crippen LogP contribution is -2.32. The summed E-state index contributed by atoms with van der Waals surface area (Å²) in [7, 11) is 1.61. The summed E-state index contributed by atoms with van der Waals surface area (Å²) in [5.41, 5.74) is 0.581. The first-order valence-corrected chi connectivity index (χ1v) is 10.0. The average Bonchev–Trinajstić information content (AvgIpc) is 2.72. The molecule has 2 rings (SSSR count). The molecule has 158 valence electrons. The Bertz CT molecular complexity index is 562. The van der Waals surface area contributed by atoms with E-state index in [0.29, 0.717) is 50.3 Å². The van der Waals surface area contributed by atoms with Crippen LogP contribution in [0.25, 0.3) is 0 Å². The highest BCUT2D eigenvalue weighted by Gasteiger charge is 2.15. The Morgan fingerprint density at radius 2 is 1.89 bits per heavy atom. The molecule has 0 heterocycles. The number of carbonyl (C=O) groups excluding carboxylic acids is 1. The lowest BCUT2D eigenvalue weighted by atomic mass is 9.90. The second-order valence-electron chi connectivity index (χ2n) is 7.02. The van der Waals surface area contributed by atoms with Crippen molar-refractivity contribution in [1.82, 2.24) is 5.32 Å². The monoisotopic (exact) mass is 395 g/mol. The number of aliphatic hydroxyl groups is 1. The number of aliphatic hydroxyl groups excluding tert-OH is 1. The van der Waals surface area contributed by atoms with Crippen molar-refractivity contribution in [2.45, 2.75) is 38.3 Å². The number of amides is 1. The largest absolute Gasteiger partial charge is 0.493 e. The molecule has 1 amide bonds. The molecular weight excluding hydrogens is 362 g/mol. The van der Waals surface area contributed by atoms with Crippen molar-refractivity contribution in [1.29, 1.82) is 0 Å². The number of hydrogen-bond donors (Lipinski definition) is 2. The smallest absolute Gasteiger partial charge is 0.248 e. The minimum Gasteiger partial charge on any atom is -0.493 e. The van der Waals surface area contributed by atoms with Gasteiger partial charge in [-0.05, 0) is 30.9 Å². The van der Waals surface area contributed by atoms with Crippen molar-refractivity contribution in [3.8, 4) is 5.75 Å². The van der Waals surface area contributed by atoms with Gasteiger partial charge in [-0.25, -0.2) is 0 Å². The van der Waals surface area contributed by atoms with Gasteiger partial charge in [0.1, 0.15) is 12.4 Å². The van der Waals surface area contributed by atoms with Gasteiger partial charge in [0.25, 0.3) is 0 Å². The number of hydrogen-bond acceptors (Lipinski definition) is 6. The predicted molar refractivity (Wildman–Crippen MR) is 105 cm³/mol. The van der Waals surface area contributed by atoms with Gasteiger partial charge < -0.3 is 29.4 Å². The van der Waals surface area contributed by atoms with Crippen LogP contribution in [0.15, 0.2) is 24.3 Å². The fourth-order valence-electron chi connectivity index (χ4n) is 3.15. The zero-order valence-electron chi connectivity index (χ0n) is 16.7. The number of methoxy groups -OCH3 is 1. The van der Waals surface area contributed by atoms with Gasteiger partial charge in [0.15, 0.2) is 6.23 Å². The van der Waals surface area contributed by atoms with Crippen LogP contribution in [0.2, 0.25) is 0 Å². The van der Waals surface area contributed by atoms with Gasteiger partial charge in [0.2, 0.25) is 5.91 Å². The molecule has 1 fully saturated rings. The second-order valence-corrected chi connectivity index (χ2v) is 7.02. The molecule has 7 nitrogen and oxygen atoms in total. The molecule has 28 heavy (non-hydrogen) atoms. The molecule has 1 aromatic rings. The van der Waals surface area contributed by atoms with Crippen molar-refractivity contribution in [2.24, 2.45) is 5.92 Å². The summed E-state index contributed by atoms with van der Waals surface area (Å²) in [6.07, 6.45) is 5.21. The minimum absolute atomic E-state index is 0.136. The van der Waals surface area contributed by atoms with Crippen molar-refractivity contribution in [2.75, 3.05) is 46.8 Å². The molecule has 1 atom stereocenters. The second kappa shape index (κ2) is 13.5. The van der Waals surface area contributed by atoms with Gasteiger partial charge in [0, 0.05) is 12.7 Å². The summed E-state index contributed by atoms with van der Waals surface area (Å²) in [4.78, 5) is 11.9. The number of carbonyl (C=O) groups is 1. The van der Waals surface area contributed by atoms with E-state index in [1.165, 1.54) is 32.1 Å². The van der Waals surface area contributed by atoms with E-state index in [0.717, 1.165) is 0 Å². The van der Waals surface area contributed by atoms with E-state index in [2.05, 4.69) is 5.32 Å². The van der Waals surface area contributed by atoms with Crippen LogP contribution in [0.5, 0.6) is 5.75 Å². The number of benzene rings is 1. The number of ether oxygens (including phenoxy) is 4. The highest BCUT2D eigenvalue weighted by molar-refractivity contribution is 5.77. The van der Waals surface area contributed by atoms with Crippen molar-refractivity contribution >= 4 is 5.91 Å². The predicted octanol–water partition coefficient (Wildman–Crippen LogP) is 2.43. The molecule has 0 aromatic heterocycles. The zero-order valence-corrected chi connectivity index (χ0v) is 16.7. The van der Waals surface area contributed by atoms with E-state index in [1.54, 1.807) is 19.2 Å². The van der Waals surface area contributed by atoms with Crippen LogP contribution < -0.4 is 10.1 Å². The molecule has 1 saturated carbocycles. The molecule has 1 aliphatic rings. The summed E-state index contributed by atoms with van der Waals surface area (Å²) in [5.74, 6) is 0.927. The molecule has 2 N–H and O–H groups in total. The van der Waals surface area contributed by atoms with E-state index in [-0.39, 0.29) is 6.61 Å². The summed E-state index contributed by atoms with van der Waals surface area (Å²) in [6.45, 7) is 2.27. The Kier molecular flexibility index (Phi) is 10.9. The Hall–Kier alpha value is -1.67. The average molecular weight is 395 g/mol. The summed E-state index contributed by atoms with van der Waals surface area (Å²) < 4.78 is 21.2. The van der Waals surface area contributed by atoms with E-state index in [4.69, 9.17) is 18.9 Å². The summed E-state index contributed by atoms with van der Waals surface area (Å²) in [5, 5.41) is 12.8. The molecule has 0 saturated heterocycles. The first kappa shape index (κ1) is 22.6. The normalized spacial score (nSPS) is 15.9. The number of nitrogens with one attached hydrogen (secondary N) is 1. The summed E-state index contributed by atoms with van der Waals surface area (Å²) in [6, 6.07) is 7.20. The first-order chi connectivity index (χ1) is 13.7. The Morgan fingerprint density at radius 3 is 2.68 bits per heavy atom. The van der Waals surface area contributed by atoms with Gasteiger partial charge in [-0.2, -0.15) is 0 Å². The van der Waals surface area contributed by atoms with Gasteiger partial charge in [0.05, 0.1) is 33.0 Å². The maximum Gasteiger partial charge on any atom is 0.248 e. The van der Waals surface area contributed by atoms with Crippen LogP contribution >= 0.6 is 0 Å². The van der Waals surface area contributed by atoms with Crippen LogP contribution in [0, 0.1) is 5.92 Å². The molecule has 1 unspecified atom stereocenters. The molecule has 1 aliphatic carbocycles. The molecule has 7 heteroatoms. The van der Waals surface area contributed by atoms with Gasteiger partial charge in [-0.3, -0.25) is 4.79 Å². The molecule has 0 radical (unpaired) electrons. The molecule has 1 aromatic carbocycles. The third kappa shape index (κ3) is 9.01. The maximum atomic E-state index is 11.9. The topological polar surface area (TPSA) is 86.3 Å². The Labute approximate surface area is 167 Å². The quantitative estimate of drug-likeness (QED) is 0.394. The number of rotatable bonds is 13. The van der Waals surface area contributed by atoms with Crippen LogP contribution in [0.1, 0.15) is 43.9 Å². The van der Waals surface area contributed by atoms with E-state index >= 15 is 0 Å². The fourth-order valence-corrected chi connectivity index (χ4v) is 3.15. The molecular formula is C21H33NO6. The third-order valence-corrected chi connectivity index (χ3v) is 4.72. The molecule has 0 bridgehead atoms. The maximum absolute atomic E-state index is 11.9. The minimum atomic E-state index is -1.10. The molecule has 0 spiro atoms. The van der Waals surface area contributed by atoms with E-state index in [9.17, 15) is 9.90 Å². The highest BCUT2D eigenvalue weighted by atomic mass is 16.5. The molecule has 0 aliphatic heterocycles. The van der Waals surface area contributed by atoms with Crippen molar-refractivity contribution < 1.29 is 28.8 Å². The lowest BCUT2D eigenvalue weighted by molar-refractivity contribution is -0.129. The van der Waals surface area contributed by atoms with Crippen LogP contribution in [0.4, 0.5) is 0 Å². The lowest BCUT2D eigenvalue weighted by Gasteiger charge is -2.22. The van der Waals surface area contributed by atoms with Crippen LogP contribution in [-0.2, 0) is 19.0 Å². The third-order valence-electron chi connectivity index (χ3n) is 4.72. The van der Waals surface area contributed by atoms with E-state index < -0.39 is 12.1 Å². The highest BCUT2D eigenvalue weighted by Crippen LogP contribution is 2.25. The standard InChI is InChI=1S/C21H33NO6/c1-25-10-11-26-12-13-27-16-20(23)22-21(24)18-8-5-9-19(14-18)28-15-17-6-3-2-4-7-17/h5,8-9,14,17,21,24H,2-4,6-7,10-13,15-16H2,1H3,(H,22,23). The van der Waals surface area contributed by atoms with Crippen molar-refractivity contribution in [3.05, 3.63) is 29.8 Å². The zero-order chi connectivity index (χ0) is 20.0. The Morgan fingerprint density at radius 1 is 1.14 bits per heavy atom. The fraction of sp³-hybridized carbons (Fsp3) is 0.667. The van der Waals surface area contributed by atoms with Gasteiger partial charge in [-0.15, -0.1) is 0 Å². The van der Waals surface area contributed by atoms with Crippen LogP contribution in [-0.4, -0.2) is 57.8 Å². The van der Waals surface area contributed by atoms with Crippen LogP contribution in [0.3, 0.4) is 0 Å². The Balaban J connectivity index is 1.66.